The molecule has 2 aromatic heterocycles. The van der Waals surface area contributed by atoms with E-state index in [-0.39, 0.29) is 5.76 Å². The normalized spacial score (nSPS) is 11.2. The Morgan fingerprint density at radius 2 is 2.08 bits per heavy atom. The lowest BCUT2D eigenvalue weighted by molar-refractivity contribution is -0.856. The summed E-state index contributed by atoms with van der Waals surface area (Å²) in [7, 11) is 3.97. The molecule has 0 radical (unpaired) electrons. The van der Waals surface area contributed by atoms with Crippen LogP contribution in [0.15, 0.2) is 40.8 Å². The van der Waals surface area contributed by atoms with E-state index >= 15 is 0 Å². The van der Waals surface area contributed by atoms with E-state index in [9.17, 15) is 14.9 Å². The number of quaternary nitrogens is 1. The average Bonchev–Trinajstić information content (AvgIpc) is 3.21. The third-order valence-electron chi connectivity index (χ3n) is 3.58. The molecule has 25 heavy (non-hydrogen) atoms. The number of nitrogens with one attached hydrogen (secondary N) is 1. The Bertz CT molecular complexity index is 885. The smallest absolute Gasteiger partial charge is 0.395 e. The topological polar surface area (TPSA) is 93.9 Å². The second-order valence-corrected chi connectivity index (χ2v) is 6.78. The number of fused-ring (bicyclic) bond motifs is 1. The minimum atomic E-state index is -0.664. The maximum atomic E-state index is 12.8. The molecular weight excluding hydrogens is 344 g/mol. The highest BCUT2D eigenvalue weighted by molar-refractivity contribution is 7.22. The Labute approximate surface area is 147 Å². The third-order valence-corrected chi connectivity index (χ3v) is 4.64. The fourth-order valence-corrected chi connectivity index (χ4v) is 3.26. The maximum Gasteiger partial charge on any atom is 0.433 e. The molecule has 0 fully saturated rings. The molecule has 9 heteroatoms. The molecule has 1 N–H and O–H groups in total. The molecule has 0 unspecified atom stereocenters. The minimum absolute atomic E-state index is 0.0697. The van der Waals surface area contributed by atoms with Gasteiger partial charge in [0.1, 0.15) is 4.92 Å². The Morgan fingerprint density at radius 3 is 2.72 bits per heavy atom. The van der Waals surface area contributed by atoms with Crippen molar-refractivity contribution in [1.82, 2.24) is 4.98 Å². The number of para-hydroxylation sites is 1. The van der Waals surface area contributed by atoms with Gasteiger partial charge in [0, 0.05) is 0 Å². The molecule has 130 valence electrons. The SMILES string of the molecule is C[NH+](C)CCN(C(=O)c1ccc([N+](=O)[O-])o1)c1nc2ccccc2s1. The average molecular weight is 361 g/mol. The van der Waals surface area contributed by atoms with Gasteiger partial charge in [0.05, 0.1) is 43.5 Å². The molecule has 1 amide bonds. The van der Waals surface area contributed by atoms with Crippen LogP contribution in [0.25, 0.3) is 10.2 Å². The Kier molecular flexibility index (Phi) is 4.77. The first-order valence-corrected chi connectivity index (χ1v) is 8.48. The van der Waals surface area contributed by atoms with Gasteiger partial charge in [-0.25, -0.2) is 4.98 Å². The van der Waals surface area contributed by atoms with Crippen molar-refractivity contribution in [3.8, 4) is 0 Å². The number of rotatable bonds is 6. The maximum absolute atomic E-state index is 12.8. The molecule has 3 rings (SSSR count). The number of carbonyl (C=O) groups excluding carboxylic acids is 1. The van der Waals surface area contributed by atoms with E-state index < -0.39 is 16.7 Å². The highest BCUT2D eigenvalue weighted by Gasteiger charge is 2.26. The molecule has 0 aliphatic heterocycles. The first kappa shape index (κ1) is 17.1. The van der Waals surface area contributed by atoms with E-state index in [1.165, 1.54) is 33.3 Å². The van der Waals surface area contributed by atoms with E-state index in [0.29, 0.717) is 18.2 Å². The predicted molar refractivity (Wildman–Crippen MR) is 94.3 cm³/mol. The Balaban J connectivity index is 1.95. The second-order valence-electron chi connectivity index (χ2n) is 5.77. The third kappa shape index (κ3) is 3.67. The molecule has 8 nitrogen and oxygen atoms in total. The summed E-state index contributed by atoms with van der Waals surface area (Å²) in [5.74, 6) is -0.959. The zero-order valence-electron chi connectivity index (χ0n) is 13.8. The molecule has 3 aromatic rings. The van der Waals surface area contributed by atoms with E-state index in [1.54, 1.807) is 0 Å². The number of anilines is 1. The fraction of sp³-hybridized carbons (Fsp3) is 0.250. The van der Waals surface area contributed by atoms with Crippen molar-refractivity contribution < 1.29 is 19.0 Å². The summed E-state index contributed by atoms with van der Waals surface area (Å²) in [6.07, 6.45) is 0. The summed E-state index contributed by atoms with van der Waals surface area (Å²) >= 11 is 1.40. The van der Waals surface area contributed by atoms with Crippen molar-refractivity contribution in [2.45, 2.75) is 0 Å². The summed E-state index contributed by atoms with van der Waals surface area (Å²) < 4.78 is 6.04. The number of likely N-dealkylation sites (N-methyl/N-ethyl adjacent to an activating group) is 1. The number of amides is 1. The minimum Gasteiger partial charge on any atom is -0.395 e. The van der Waals surface area contributed by atoms with Crippen LogP contribution < -0.4 is 9.80 Å². The van der Waals surface area contributed by atoms with Crippen molar-refractivity contribution >= 4 is 38.5 Å². The van der Waals surface area contributed by atoms with Crippen LogP contribution in [0.1, 0.15) is 10.6 Å². The van der Waals surface area contributed by atoms with E-state index in [1.807, 2.05) is 38.4 Å². The van der Waals surface area contributed by atoms with E-state index in [4.69, 9.17) is 4.42 Å². The fourth-order valence-electron chi connectivity index (χ4n) is 2.27. The van der Waals surface area contributed by atoms with Crippen molar-refractivity contribution in [2.24, 2.45) is 0 Å². The molecular formula is C16H17N4O4S+. The number of aromatic nitrogens is 1. The zero-order chi connectivity index (χ0) is 18.0. The van der Waals surface area contributed by atoms with Gasteiger partial charge in [0.2, 0.25) is 0 Å². The van der Waals surface area contributed by atoms with Crippen LogP contribution in [-0.2, 0) is 0 Å². The lowest BCUT2D eigenvalue weighted by Crippen LogP contribution is -3.06. The van der Waals surface area contributed by atoms with Crippen molar-refractivity contribution in [3.05, 3.63) is 52.3 Å². The number of nitrogens with zero attached hydrogens (tertiary/aromatic N) is 3. The van der Waals surface area contributed by atoms with Crippen LogP contribution in [0.2, 0.25) is 0 Å². The number of furan rings is 1. The Hall–Kier alpha value is -2.78. The van der Waals surface area contributed by atoms with Gasteiger partial charge < -0.3 is 9.32 Å². The van der Waals surface area contributed by atoms with Crippen LogP contribution in [0.5, 0.6) is 0 Å². The quantitative estimate of drug-likeness (QED) is 0.531. The van der Waals surface area contributed by atoms with Gasteiger partial charge in [-0.3, -0.25) is 19.8 Å². The summed E-state index contributed by atoms with van der Waals surface area (Å²) in [5, 5.41) is 11.3. The predicted octanol–water partition coefficient (Wildman–Crippen LogP) is 1.59. The van der Waals surface area contributed by atoms with Crippen LogP contribution in [0, 0.1) is 10.1 Å². The molecule has 0 aliphatic carbocycles. The lowest BCUT2D eigenvalue weighted by atomic mass is 10.3. The van der Waals surface area contributed by atoms with Gasteiger partial charge in [0.25, 0.3) is 5.91 Å². The van der Waals surface area contributed by atoms with Crippen LogP contribution in [0.3, 0.4) is 0 Å². The monoisotopic (exact) mass is 361 g/mol. The molecule has 0 saturated carbocycles. The van der Waals surface area contributed by atoms with Crippen LogP contribution in [0.4, 0.5) is 11.0 Å². The van der Waals surface area contributed by atoms with Gasteiger partial charge in [-0.2, -0.15) is 0 Å². The van der Waals surface area contributed by atoms with Gasteiger partial charge in [0.15, 0.2) is 10.9 Å². The van der Waals surface area contributed by atoms with Gasteiger partial charge >= 0.3 is 5.88 Å². The molecule has 0 atom stereocenters. The molecule has 0 aliphatic rings. The first-order valence-electron chi connectivity index (χ1n) is 7.66. The summed E-state index contributed by atoms with van der Waals surface area (Å²) in [6, 6.07) is 10.1. The van der Waals surface area contributed by atoms with Crippen molar-refractivity contribution in [1.29, 1.82) is 0 Å². The van der Waals surface area contributed by atoms with Gasteiger partial charge in [-0.05, 0) is 18.2 Å². The van der Waals surface area contributed by atoms with E-state index in [0.717, 1.165) is 10.2 Å². The highest BCUT2D eigenvalue weighted by atomic mass is 32.1. The van der Waals surface area contributed by atoms with Crippen LogP contribution in [-0.4, -0.2) is 43.0 Å². The number of nitro groups is 1. The standard InChI is InChI=1S/C16H16N4O4S/c1-18(2)9-10-19(15(21)12-7-8-14(24-12)20(22)23)16-17-11-5-3-4-6-13(11)25-16/h3-8H,9-10H2,1-2H3/p+1. The summed E-state index contributed by atoms with van der Waals surface area (Å²) in [5.41, 5.74) is 0.808. The number of thiazole rings is 1. The largest absolute Gasteiger partial charge is 0.433 e. The van der Waals surface area contributed by atoms with Crippen molar-refractivity contribution in [3.63, 3.8) is 0 Å². The molecule has 2 heterocycles. The second kappa shape index (κ2) is 6.99. The number of hydrogen-bond acceptors (Lipinski definition) is 6. The number of benzene rings is 1. The molecule has 0 bridgehead atoms. The van der Waals surface area contributed by atoms with Gasteiger partial charge in [-0.15, -0.1) is 0 Å². The zero-order valence-corrected chi connectivity index (χ0v) is 14.6. The first-order chi connectivity index (χ1) is 12.0. The van der Waals surface area contributed by atoms with Crippen LogP contribution >= 0.6 is 11.3 Å². The number of carbonyl (C=O) groups is 1. The summed E-state index contributed by atoms with van der Waals surface area (Å²) in [4.78, 5) is 30.2. The molecule has 0 spiro atoms. The molecule has 1 aromatic carbocycles. The Morgan fingerprint density at radius 1 is 1.32 bits per heavy atom. The van der Waals surface area contributed by atoms with E-state index in [2.05, 4.69) is 4.98 Å². The van der Waals surface area contributed by atoms with Gasteiger partial charge in [-0.1, -0.05) is 23.5 Å². The highest BCUT2D eigenvalue weighted by Crippen LogP contribution is 2.30. The lowest BCUT2D eigenvalue weighted by Gasteiger charge is -2.19. The number of hydrogen-bond donors (Lipinski definition) is 1. The van der Waals surface area contributed by atoms with Crippen molar-refractivity contribution in [2.75, 3.05) is 32.1 Å². The molecule has 0 saturated heterocycles. The summed E-state index contributed by atoms with van der Waals surface area (Å²) in [6.45, 7) is 1.12.